The molecule has 0 radical (unpaired) electrons. The summed E-state index contributed by atoms with van der Waals surface area (Å²) >= 11 is 0. The van der Waals surface area contributed by atoms with Gasteiger partial charge in [0, 0.05) is 24.5 Å². The summed E-state index contributed by atoms with van der Waals surface area (Å²) < 4.78 is 19.9. The molecule has 4 fully saturated rings. The lowest BCUT2D eigenvalue weighted by atomic mass is 9.98. The molecule has 29 heavy (non-hydrogen) atoms. The number of benzene rings is 2. The van der Waals surface area contributed by atoms with Gasteiger partial charge in [0.25, 0.3) is 0 Å². The van der Waals surface area contributed by atoms with Crippen molar-refractivity contribution in [3.05, 3.63) is 59.7 Å². The molecule has 2 aromatic carbocycles. The van der Waals surface area contributed by atoms with Gasteiger partial charge in [0.2, 0.25) is 0 Å². The van der Waals surface area contributed by atoms with Crippen LogP contribution in [-0.2, 0) is 14.2 Å². The van der Waals surface area contributed by atoms with Crippen molar-refractivity contribution < 1.29 is 14.2 Å². The van der Waals surface area contributed by atoms with Gasteiger partial charge in [0.1, 0.15) is 7.61 Å². The van der Waals surface area contributed by atoms with Gasteiger partial charge in [0.05, 0.1) is 20.5 Å². The van der Waals surface area contributed by atoms with E-state index in [1.165, 1.54) is 21.7 Å². The van der Waals surface area contributed by atoms with Crippen molar-refractivity contribution in [2.75, 3.05) is 0 Å². The molecular weight excluding hydrogens is 398 g/mol. The van der Waals surface area contributed by atoms with Gasteiger partial charge < -0.3 is 14.2 Å². The Balaban J connectivity index is 1.74. The topological polar surface area (TPSA) is 27.7 Å². The molecule has 4 atom stereocenters. The van der Waals surface area contributed by atoms with Gasteiger partial charge in [0.15, 0.2) is 22.3 Å². The summed E-state index contributed by atoms with van der Waals surface area (Å²) in [5.41, 5.74) is 2.74. The molecule has 2 aromatic rings. The minimum Gasteiger partial charge on any atom is -0.318 e. The van der Waals surface area contributed by atoms with Crippen LogP contribution in [0.25, 0.3) is 0 Å². The van der Waals surface area contributed by atoms with Gasteiger partial charge in [-0.2, -0.15) is 0 Å². The van der Waals surface area contributed by atoms with Crippen molar-refractivity contribution in [3.63, 3.8) is 0 Å². The molecule has 4 aliphatic rings. The van der Waals surface area contributed by atoms with E-state index >= 15 is 0 Å². The molecule has 4 bridgehead atoms. The maximum Gasteiger partial charge on any atom is 0.186 e. The molecule has 4 saturated heterocycles. The SMILES string of the molecule is Cc1ccccc1P(c1ccccc1C)[PH+]1[C@]2(C)C[C@@]3(C)O[C@](C)(C[C@]1(C)O3)O2. The Bertz CT molecular complexity index is 885. The Morgan fingerprint density at radius 3 is 1.52 bits per heavy atom. The molecule has 0 amide bonds. The Labute approximate surface area is 176 Å². The third-order valence-corrected chi connectivity index (χ3v) is 17.2. The maximum absolute atomic E-state index is 6.80. The van der Waals surface area contributed by atoms with Crippen molar-refractivity contribution in [2.24, 2.45) is 0 Å². The summed E-state index contributed by atoms with van der Waals surface area (Å²) in [5, 5.41) is 2.55. The van der Waals surface area contributed by atoms with Crippen LogP contribution in [0.1, 0.15) is 51.7 Å². The quantitative estimate of drug-likeness (QED) is 0.595. The zero-order valence-corrected chi connectivity index (χ0v) is 20.1. The van der Waals surface area contributed by atoms with Gasteiger partial charge in [-0.05, 0) is 38.8 Å². The zero-order chi connectivity index (χ0) is 20.7. The highest BCUT2D eigenvalue weighted by Crippen LogP contribution is 2.88. The fraction of sp³-hybridized carbons (Fsp3) is 0.500. The molecule has 0 aromatic heterocycles. The van der Waals surface area contributed by atoms with Gasteiger partial charge in [-0.15, -0.1) is 0 Å². The molecule has 0 aliphatic carbocycles. The third kappa shape index (κ3) is 3.05. The van der Waals surface area contributed by atoms with Gasteiger partial charge in [-0.25, -0.2) is 0 Å². The standard InChI is InChI=1S/C24H30O3P2/c1-17-11-7-9-13-19(17)28(20-14-10-8-12-18(20)2)29-23(5)15-21(3)25-22(4,27-23)16-24(29,6)26-21/h7-14H,15-16H2,1-6H3/p+1/t21-,22-,23+,24+/m0/s1. The van der Waals surface area contributed by atoms with Crippen molar-refractivity contribution in [1.82, 2.24) is 0 Å². The van der Waals surface area contributed by atoms with Crippen LogP contribution >= 0.6 is 15.2 Å². The van der Waals surface area contributed by atoms with E-state index in [4.69, 9.17) is 14.2 Å². The summed E-state index contributed by atoms with van der Waals surface area (Å²) in [5.74, 6) is -1.11. The second kappa shape index (κ2) is 6.35. The molecule has 5 heteroatoms. The van der Waals surface area contributed by atoms with Crippen LogP contribution in [0.2, 0.25) is 0 Å². The predicted molar refractivity (Wildman–Crippen MR) is 123 cm³/mol. The van der Waals surface area contributed by atoms with Crippen LogP contribution in [0.3, 0.4) is 0 Å². The van der Waals surface area contributed by atoms with Crippen molar-refractivity contribution in [3.8, 4) is 0 Å². The fourth-order valence-corrected chi connectivity index (χ4v) is 18.5. The van der Waals surface area contributed by atoms with Gasteiger partial charge in [-0.1, -0.05) is 48.5 Å². The van der Waals surface area contributed by atoms with Crippen LogP contribution in [0.4, 0.5) is 0 Å². The smallest absolute Gasteiger partial charge is 0.186 e. The second-order valence-corrected chi connectivity index (χ2v) is 16.8. The van der Waals surface area contributed by atoms with Crippen LogP contribution in [0.15, 0.2) is 48.5 Å². The van der Waals surface area contributed by atoms with E-state index in [0.717, 1.165) is 12.8 Å². The minimum atomic E-state index is -1.15. The largest absolute Gasteiger partial charge is 0.318 e. The minimum absolute atomic E-state index is 0.200. The average molecular weight is 429 g/mol. The highest BCUT2D eigenvalue weighted by atomic mass is 32.1. The molecule has 0 N–H and O–H groups in total. The molecule has 0 unspecified atom stereocenters. The molecular formula is C24H31O3P2+. The Hall–Kier alpha value is -0.820. The summed E-state index contributed by atoms with van der Waals surface area (Å²) in [6, 6.07) is 17.8. The van der Waals surface area contributed by atoms with E-state index in [-0.39, 0.29) is 10.7 Å². The van der Waals surface area contributed by atoms with Crippen LogP contribution < -0.4 is 10.6 Å². The molecule has 154 valence electrons. The molecule has 3 nitrogen and oxygen atoms in total. The lowest BCUT2D eigenvalue weighted by Gasteiger charge is -2.66. The van der Waals surface area contributed by atoms with Gasteiger partial charge >= 0.3 is 0 Å². The van der Waals surface area contributed by atoms with E-state index in [0.29, 0.717) is 0 Å². The lowest BCUT2D eigenvalue weighted by molar-refractivity contribution is -0.467. The fourth-order valence-electron chi connectivity index (χ4n) is 6.19. The highest BCUT2D eigenvalue weighted by molar-refractivity contribution is 8.37. The monoisotopic (exact) mass is 429 g/mol. The first-order valence-corrected chi connectivity index (χ1v) is 14.1. The molecule has 4 heterocycles. The summed E-state index contributed by atoms with van der Waals surface area (Å²) in [6.07, 6.45) is 1.60. The van der Waals surface area contributed by atoms with E-state index in [1.807, 2.05) is 0 Å². The van der Waals surface area contributed by atoms with E-state index in [9.17, 15) is 0 Å². The number of rotatable bonds is 3. The van der Waals surface area contributed by atoms with Gasteiger partial charge in [-0.3, -0.25) is 0 Å². The first-order chi connectivity index (χ1) is 13.6. The summed E-state index contributed by atoms with van der Waals surface area (Å²) in [7, 11) is -1.74. The average Bonchev–Trinajstić information content (AvgIpc) is 2.56. The summed E-state index contributed by atoms with van der Waals surface area (Å²) in [6.45, 7) is 13.4. The van der Waals surface area contributed by atoms with Crippen LogP contribution in [0.5, 0.6) is 0 Å². The van der Waals surface area contributed by atoms with Crippen molar-refractivity contribution in [1.29, 1.82) is 0 Å². The number of hydrogen-bond acceptors (Lipinski definition) is 3. The number of ether oxygens (including phenoxy) is 3. The van der Waals surface area contributed by atoms with Crippen LogP contribution in [-0.4, -0.2) is 22.3 Å². The van der Waals surface area contributed by atoms with E-state index in [2.05, 4.69) is 90.1 Å². The predicted octanol–water partition coefficient (Wildman–Crippen LogP) is 5.60. The lowest BCUT2D eigenvalue weighted by Crippen LogP contribution is -2.71. The Morgan fingerprint density at radius 1 is 0.690 bits per heavy atom. The van der Waals surface area contributed by atoms with Crippen molar-refractivity contribution in [2.45, 2.75) is 76.6 Å². The van der Waals surface area contributed by atoms with E-state index in [1.54, 1.807) is 0 Å². The number of hydrogen-bond donors (Lipinski definition) is 0. The highest BCUT2D eigenvalue weighted by Gasteiger charge is 2.77. The third-order valence-electron chi connectivity index (χ3n) is 6.57. The van der Waals surface area contributed by atoms with E-state index < -0.39 is 26.8 Å². The Kier molecular flexibility index (Phi) is 4.40. The first kappa shape index (κ1) is 20.1. The number of aryl methyl sites for hydroxylation is 2. The van der Waals surface area contributed by atoms with Crippen molar-refractivity contribution >= 4 is 25.8 Å². The molecule has 4 aliphatic heterocycles. The molecule has 0 spiro atoms. The molecule has 0 saturated carbocycles. The molecule has 6 rings (SSSR count). The second-order valence-electron chi connectivity index (χ2n) is 9.65. The Morgan fingerprint density at radius 2 is 1.10 bits per heavy atom. The zero-order valence-electron chi connectivity index (χ0n) is 18.2. The van der Waals surface area contributed by atoms with Crippen LogP contribution in [0, 0.1) is 13.8 Å². The maximum atomic E-state index is 6.80. The summed E-state index contributed by atoms with van der Waals surface area (Å²) in [4.78, 5) is 0. The normalized spacial score (nSPS) is 40.6. The first-order valence-electron chi connectivity index (χ1n) is 10.5.